The van der Waals surface area contributed by atoms with E-state index < -0.39 is 18.6 Å². The summed E-state index contributed by atoms with van der Waals surface area (Å²) in [6.45, 7) is 5.75. The lowest BCUT2D eigenvalue weighted by Gasteiger charge is -2.33. The summed E-state index contributed by atoms with van der Waals surface area (Å²) >= 11 is 0. The van der Waals surface area contributed by atoms with Gasteiger partial charge in [0.2, 0.25) is 11.8 Å². The van der Waals surface area contributed by atoms with E-state index in [1.54, 1.807) is 24.3 Å². The maximum absolute atomic E-state index is 12.5. The molecule has 1 saturated heterocycles. The third-order valence-corrected chi connectivity index (χ3v) is 4.39. The van der Waals surface area contributed by atoms with Crippen LogP contribution in [0.15, 0.2) is 30.3 Å². The molecule has 1 unspecified atom stereocenters. The number of benzene rings is 1. The largest absolute Gasteiger partial charge is 0.354 e. The summed E-state index contributed by atoms with van der Waals surface area (Å²) in [4.78, 5) is 26.3. The van der Waals surface area contributed by atoms with Crippen LogP contribution in [0.4, 0.5) is 0 Å². The van der Waals surface area contributed by atoms with Crippen molar-refractivity contribution >= 4 is 11.8 Å². The Morgan fingerprint density at radius 1 is 1.32 bits per heavy atom. The van der Waals surface area contributed by atoms with Crippen LogP contribution in [0.2, 0.25) is 0 Å². The third-order valence-electron chi connectivity index (χ3n) is 4.39. The lowest BCUT2D eigenvalue weighted by Crippen LogP contribution is -2.50. The standard InChI is InChI=1S/C18H27N4O3/c1-14-12-19-9-11-22(14)10-5-8-20-18(25)17(21-16(24)13-23)15-6-3-2-4-7-15/h2-4,6-7,14,17,19H,5,8-13H2,1H3,(H,20,25)(H,21,24)/t14-,17?/m1/s1. The number of nitrogens with zero attached hydrogens (tertiary/aromatic N) is 1. The van der Waals surface area contributed by atoms with Crippen LogP contribution in [0.1, 0.15) is 24.9 Å². The lowest BCUT2D eigenvalue weighted by atomic mass is 10.1. The Bertz CT molecular complexity index is 553. The van der Waals surface area contributed by atoms with Crippen LogP contribution in [0.25, 0.3) is 0 Å². The van der Waals surface area contributed by atoms with E-state index in [2.05, 4.69) is 27.8 Å². The van der Waals surface area contributed by atoms with Gasteiger partial charge in [-0.15, -0.1) is 0 Å². The third kappa shape index (κ3) is 6.12. The summed E-state index contributed by atoms with van der Waals surface area (Å²) in [5, 5.41) is 19.4. The summed E-state index contributed by atoms with van der Waals surface area (Å²) in [6.07, 6.45) is 0.840. The van der Waals surface area contributed by atoms with Crippen molar-refractivity contribution in [3.63, 3.8) is 0 Å². The second-order valence-electron chi connectivity index (χ2n) is 6.29. The molecule has 1 radical (unpaired) electrons. The quantitative estimate of drug-likeness (QED) is 0.581. The molecule has 1 fully saturated rings. The second kappa shape index (κ2) is 10.1. The van der Waals surface area contributed by atoms with Gasteiger partial charge < -0.3 is 16.0 Å². The lowest BCUT2D eigenvalue weighted by molar-refractivity contribution is -0.131. The molecule has 1 aromatic rings. The summed E-state index contributed by atoms with van der Waals surface area (Å²) in [7, 11) is 0. The fourth-order valence-corrected chi connectivity index (χ4v) is 2.96. The molecular weight excluding hydrogens is 320 g/mol. The molecule has 1 aliphatic rings. The molecule has 7 nitrogen and oxygen atoms in total. The predicted octanol–water partition coefficient (Wildman–Crippen LogP) is 0.0744. The van der Waals surface area contributed by atoms with Crippen LogP contribution < -0.4 is 16.0 Å². The molecule has 2 atom stereocenters. The SMILES string of the molecule is C[C@@H]1CNCCN1CCCNC(=O)C(NC(=O)C[O])c1ccccc1. The van der Waals surface area contributed by atoms with Crippen LogP contribution in [0.3, 0.4) is 0 Å². The average Bonchev–Trinajstić information content (AvgIpc) is 2.64. The van der Waals surface area contributed by atoms with Crippen LogP contribution >= 0.6 is 0 Å². The van der Waals surface area contributed by atoms with Crippen molar-refractivity contribution in [3.8, 4) is 0 Å². The van der Waals surface area contributed by atoms with Crippen molar-refractivity contribution in [2.24, 2.45) is 0 Å². The Morgan fingerprint density at radius 2 is 2.08 bits per heavy atom. The van der Waals surface area contributed by atoms with Gasteiger partial charge in [0.1, 0.15) is 6.04 Å². The van der Waals surface area contributed by atoms with Gasteiger partial charge in [-0.1, -0.05) is 30.3 Å². The van der Waals surface area contributed by atoms with Gasteiger partial charge in [0.25, 0.3) is 0 Å². The number of hydrogen-bond acceptors (Lipinski definition) is 4. The smallest absolute Gasteiger partial charge is 0.250 e. The van der Waals surface area contributed by atoms with Crippen molar-refractivity contribution < 1.29 is 14.7 Å². The number of nitrogens with one attached hydrogen (secondary N) is 3. The first kappa shape index (κ1) is 19.4. The number of rotatable bonds is 8. The van der Waals surface area contributed by atoms with Crippen molar-refractivity contribution in [3.05, 3.63) is 35.9 Å². The maximum atomic E-state index is 12.5. The molecule has 2 amide bonds. The molecule has 2 rings (SSSR count). The Hall–Kier alpha value is -1.96. The monoisotopic (exact) mass is 347 g/mol. The van der Waals surface area contributed by atoms with Crippen molar-refractivity contribution in [2.75, 3.05) is 39.3 Å². The minimum atomic E-state index is -0.891. The highest BCUT2D eigenvalue weighted by Crippen LogP contribution is 2.12. The molecule has 1 aromatic carbocycles. The van der Waals surface area contributed by atoms with Gasteiger partial charge >= 0.3 is 0 Å². The minimum absolute atomic E-state index is 0.290. The maximum Gasteiger partial charge on any atom is 0.250 e. The highest BCUT2D eigenvalue weighted by Gasteiger charge is 2.22. The first-order valence-electron chi connectivity index (χ1n) is 8.76. The zero-order chi connectivity index (χ0) is 18.1. The average molecular weight is 347 g/mol. The summed E-state index contributed by atoms with van der Waals surface area (Å²) in [6, 6.07) is 8.62. The molecule has 7 heteroatoms. The van der Waals surface area contributed by atoms with E-state index in [0.717, 1.165) is 32.6 Å². The highest BCUT2D eigenvalue weighted by molar-refractivity contribution is 5.88. The van der Waals surface area contributed by atoms with Crippen molar-refractivity contribution in [2.45, 2.75) is 25.4 Å². The second-order valence-corrected chi connectivity index (χ2v) is 6.29. The van der Waals surface area contributed by atoms with Crippen LogP contribution in [-0.2, 0) is 14.7 Å². The van der Waals surface area contributed by atoms with E-state index in [4.69, 9.17) is 0 Å². The summed E-state index contributed by atoms with van der Waals surface area (Å²) < 4.78 is 0. The fraction of sp³-hybridized carbons (Fsp3) is 0.556. The zero-order valence-electron chi connectivity index (χ0n) is 14.7. The van der Waals surface area contributed by atoms with E-state index in [1.807, 2.05) is 6.07 Å². The number of hydrogen-bond donors (Lipinski definition) is 3. The Balaban J connectivity index is 1.83. The Kier molecular flexibility index (Phi) is 7.84. The molecule has 3 N–H and O–H groups in total. The molecule has 1 aliphatic heterocycles. The van der Waals surface area contributed by atoms with Crippen LogP contribution in [-0.4, -0.2) is 62.1 Å². The summed E-state index contributed by atoms with van der Waals surface area (Å²) in [5.74, 6) is -0.972. The van der Waals surface area contributed by atoms with E-state index in [1.165, 1.54) is 0 Å². The number of carbonyl (C=O) groups is 2. The van der Waals surface area contributed by atoms with Gasteiger partial charge in [-0.2, -0.15) is 0 Å². The van der Waals surface area contributed by atoms with Gasteiger partial charge in [-0.25, -0.2) is 5.11 Å². The molecule has 137 valence electrons. The molecule has 25 heavy (non-hydrogen) atoms. The summed E-state index contributed by atoms with van der Waals surface area (Å²) in [5.41, 5.74) is 0.664. The zero-order valence-corrected chi connectivity index (χ0v) is 14.7. The first-order valence-corrected chi connectivity index (χ1v) is 8.76. The van der Waals surface area contributed by atoms with Crippen LogP contribution in [0, 0.1) is 0 Å². The highest BCUT2D eigenvalue weighted by atomic mass is 16.3. The minimum Gasteiger partial charge on any atom is -0.354 e. The first-order chi connectivity index (χ1) is 12.1. The van der Waals surface area contributed by atoms with Gasteiger partial charge in [0.05, 0.1) is 0 Å². The number of piperazine rings is 1. The van der Waals surface area contributed by atoms with Crippen molar-refractivity contribution in [1.82, 2.24) is 20.9 Å². The van der Waals surface area contributed by atoms with Gasteiger partial charge in [0, 0.05) is 38.8 Å². The molecule has 0 aromatic heterocycles. The van der Waals surface area contributed by atoms with Gasteiger partial charge in [0.15, 0.2) is 6.61 Å². The number of carbonyl (C=O) groups excluding carboxylic acids is 2. The molecule has 0 aliphatic carbocycles. The van der Waals surface area contributed by atoms with Crippen molar-refractivity contribution in [1.29, 1.82) is 0 Å². The van der Waals surface area contributed by atoms with Gasteiger partial charge in [-0.05, 0) is 18.9 Å². The van der Waals surface area contributed by atoms with E-state index in [9.17, 15) is 14.7 Å². The normalized spacial score (nSPS) is 19.2. The molecular formula is C18H27N4O3. The molecule has 0 spiro atoms. The number of amides is 2. The van der Waals surface area contributed by atoms with Gasteiger partial charge in [-0.3, -0.25) is 14.5 Å². The fourth-order valence-electron chi connectivity index (χ4n) is 2.96. The molecule has 0 saturated carbocycles. The van der Waals surface area contributed by atoms with Crippen LogP contribution in [0.5, 0.6) is 0 Å². The Morgan fingerprint density at radius 3 is 2.76 bits per heavy atom. The topological polar surface area (TPSA) is 93.4 Å². The van der Waals surface area contributed by atoms with E-state index >= 15 is 0 Å². The van der Waals surface area contributed by atoms with E-state index in [-0.39, 0.29) is 5.91 Å². The molecule has 0 bridgehead atoms. The molecule has 1 heterocycles. The predicted molar refractivity (Wildman–Crippen MR) is 94.4 cm³/mol. The Labute approximate surface area is 148 Å². The van der Waals surface area contributed by atoms with E-state index in [0.29, 0.717) is 18.2 Å².